The highest BCUT2D eigenvalue weighted by molar-refractivity contribution is 6.07. The van der Waals surface area contributed by atoms with Crippen molar-refractivity contribution in [3.63, 3.8) is 0 Å². The summed E-state index contributed by atoms with van der Waals surface area (Å²) in [4.78, 5) is 35.4. The zero-order valence-corrected chi connectivity index (χ0v) is 14.4. The van der Waals surface area contributed by atoms with Crippen LogP contribution >= 0.6 is 0 Å². The fourth-order valence-corrected chi connectivity index (χ4v) is 2.61. The van der Waals surface area contributed by atoms with E-state index in [4.69, 9.17) is 0 Å². The summed E-state index contributed by atoms with van der Waals surface area (Å²) in [5.41, 5.74) is 5.07. The third kappa shape index (κ3) is 4.01. The third-order valence-corrected chi connectivity index (χ3v) is 4.13. The Morgan fingerprint density at radius 2 is 1.80 bits per heavy atom. The number of Topliss-reactive ketones (excluding diaryl/α,β-unsaturated/α-hetero) is 1. The molecule has 1 aromatic carbocycles. The van der Waals surface area contributed by atoms with Crippen LogP contribution in [0, 0.1) is 6.92 Å². The number of benzene rings is 1. The molecule has 0 fully saturated rings. The quantitative estimate of drug-likeness (QED) is 0.432. The maximum absolute atomic E-state index is 12.9. The number of quaternary nitrogens is 1. The maximum atomic E-state index is 12.9. The predicted molar refractivity (Wildman–Crippen MR) is 87.5 cm³/mol. The van der Waals surface area contributed by atoms with Crippen LogP contribution in [0.2, 0.25) is 0 Å². The van der Waals surface area contributed by atoms with Crippen LogP contribution in [-0.2, 0) is 14.3 Å². The second-order valence-electron chi connectivity index (χ2n) is 5.87. The zero-order valence-electron chi connectivity index (χ0n) is 14.4. The fourth-order valence-electron chi connectivity index (χ4n) is 2.61. The monoisotopic (exact) mass is 344 g/mol. The van der Waals surface area contributed by atoms with Crippen LogP contribution in [0.1, 0.15) is 22.3 Å². The normalized spacial score (nSPS) is 19.2. The number of carboxylic acid groups (broad SMARTS) is 1. The minimum absolute atomic E-state index is 0.0752. The number of ketones is 1. The lowest BCUT2D eigenvalue weighted by Gasteiger charge is -2.33. The molecular weight excluding hydrogens is 324 g/mol. The second kappa shape index (κ2) is 7.42. The van der Waals surface area contributed by atoms with E-state index in [0.717, 1.165) is 5.56 Å². The zero-order chi connectivity index (χ0) is 18.6. The van der Waals surface area contributed by atoms with Gasteiger partial charge in [0, 0.05) is 17.7 Å². The van der Waals surface area contributed by atoms with Crippen LogP contribution in [0.25, 0.3) is 0 Å². The second-order valence-corrected chi connectivity index (χ2v) is 5.87. The first-order valence-electron chi connectivity index (χ1n) is 7.69. The van der Waals surface area contributed by atoms with Gasteiger partial charge in [-0.05, 0) is 6.92 Å². The molecule has 1 heterocycles. The summed E-state index contributed by atoms with van der Waals surface area (Å²) < 4.78 is 4.37. The van der Waals surface area contributed by atoms with Gasteiger partial charge in [-0.1, -0.05) is 29.8 Å². The highest BCUT2D eigenvalue weighted by atomic mass is 16.5. The molecule has 1 atom stereocenters. The van der Waals surface area contributed by atoms with Gasteiger partial charge in [-0.3, -0.25) is 9.59 Å². The minimum Gasteiger partial charge on any atom is -0.549 e. The summed E-state index contributed by atoms with van der Waals surface area (Å²) in [7, 11) is 2.88. The van der Waals surface area contributed by atoms with Gasteiger partial charge in [0.25, 0.3) is 0 Å². The van der Waals surface area contributed by atoms with Crippen LogP contribution < -0.4 is 10.5 Å². The van der Waals surface area contributed by atoms with E-state index in [1.165, 1.54) is 7.11 Å². The predicted octanol–water partition coefficient (Wildman–Crippen LogP) is 0.223. The Morgan fingerprint density at radius 3 is 2.36 bits per heavy atom. The van der Waals surface area contributed by atoms with E-state index < -0.39 is 18.5 Å². The fraction of sp³-hybridized carbons (Fsp3) is 0.278. The lowest BCUT2D eigenvalue weighted by molar-refractivity contribution is -0.873. The number of aryl methyl sites for hydroxylation is 1. The van der Waals surface area contributed by atoms with Gasteiger partial charge in [-0.15, -0.1) is 0 Å². The largest absolute Gasteiger partial charge is 0.549 e. The number of nitrogens with one attached hydrogen (secondary N) is 1. The van der Waals surface area contributed by atoms with Gasteiger partial charge in [0.1, 0.15) is 12.1 Å². The van der Waals surface area contributed by atoms with Crippen molar-refractivity contribution in [2.75, 3.05) is 20.7 Å². The van der Waals surface area contributed by atoms with E-state index in [2.05, 4.69) is 10.2 Å². The number of aliphatic carboxylic acids is 1. The molecule has 0 bridgehead atoms. The molecule has 0 radical (unpaired) electrons. The standard InChI is InChI=1S/C18H20N2O5/c1-12-4-6-13(7-5-12)18(24)15-9-8-14(10-17(23)25-3)20(15,2)19-11-16(21)22/h4-9,19H,10-11H2,1-3H3. The number of hydrogen-bond acceptors (Lipinski definition) is 6. The van der Waals surface area contributed by atoms with E-state index in [1.54, 1.807) is 31.3 Å². The van der Waals surface area contributed by atoms with Crippen molar-refractivity contribution in [2.45, 2.75) is 13.3 Å². The van der Waals surface area contributed by atoms with Crippen LogP contribution in [0.4, 0.5) is 0 Å². The van der Waals surface area contributed by atoms with Crippen molar-refractivity contribution in [1.29, 1.82) is 0 Å². The van der Waals surface area contributed by atoms with E-state index in [0.29, 0.717) is 17.0 Å². The van der Waals surface area contributed by atoms with Crippen molar-refractivity contribution >= 4 is 17.7 Å². The van der Waals surface area contributed by atoms with Crippen LogP contribution in [-0.4, -0.2) is 43.0 Å². The van der Waals surface area contributed by atoms with Gasteiger partial charge in [-0.2, -0.15) is 10.0 Å². The number of carbonyl (C=O) groups is 3. The summed E-state index contributed by atoms with van der Waals surface area (Å²) in [5, 5.41) is 10.9. The van der Waals surface area contributed by atoms with Crippen LogP contribution in [0.3, 0.4) is 0 Å². The Morgan fingerprint density at radius 1 is 1.16 bits per heavy atom. The number of carbonyl (C=O) groups excluding carboxylic acids is 3. The van der Waals surface area contributed by atoms with Gasteiger partial charge < -0.3 is 14.6 Å². The molecule has 1 aromatic rings. The number of rotatable bonds is 7. The van der Waals surface area contributed by atoms with Crippen molar-refractivity contribution in [3.05, 3.63) is 58.9 Å². The lowest BCUT2D eigenvalue weighted by Crippen LogP contribution is -2.56. The molecule has 0 amide bonds. The van der Waals surface area contributed by atoms with Crippen molar-refractivity contribution in [1.82, 2.24) is 5.43 Å². The highest BCUT2D eigenvalue weighted by Gasteiger charge is 2.42. The number of carboxylic acids is 1. The minimum atomic E-state index is -1.31. The molecule has 0 aliphatic carbocycles. The average molecular weight is 344 g/mol. The van der Waals surface area contributed by atoms with Gasteiger partial charge in [0.15, 0.2) is 0 Å². The maximum Gasteiger partial charge on any atom is 0.315 e. The Labute approximate surface area is 145 Å². The van der Waals surface area contributed by atoms with E-state index in [-0.39, 0.29) is 16.8 Å². The molecule has 7 heteroatoms. The molecule has 1 unspecified atom stereocenters. The molecule has 0 aromatic heterocycles. The average Bonchev–Trinajstić information content (AvgIpc) is 2.90. The summed E-state index contributed by atoms with van der Waals surface area (Å²) in [6.07, 6.45) is 3.14. The number of nitrogens with zero attached hydrogens (tertiary/aromatic N) is 1. The van der Waals surface area contributed by atoms with E-state index in [9.17, 15) is 19.5 Å². The van der Waals surface area contributed by atoms with Gasteiger partial charge in [-0.25, -0.2) is 0 Å². The number of esters is 1. The van der Waals surface area contributed by atoms with Crippen molar-refractivity contribution in [3.8, 4) is 0 Å². The summed E-state index contributed by atoms with van der Waals surface area (Å²) in [6, 6.07) is 7.06. The van der Waals surface area contributed by atoms with Gasteiger partial charge in [0.05, 0.1) is 26.7 Å². The molecule has 25 heavy (non-hydrogen) atoms. The number of likely N-dealkylation sites (N-methyl/N-ethyl adjacent to an activating group) is 1. The molecule has 0 saturated carbocycles. The van der Waals surface area contributed by atoms with Crippen LogP contribution in [0.5, 0.6) is 0 Å². The molecule has 1 aliphatic heterocycles. The number of methoxy groups -OCH3 is 1. The van der Waals surface area contributed by atoms with Gasteiger partial charge in [0.2, 0.25) is 11.5 Å². The molecule has 2 rings (SSSR count). The molecule has 1 N–H and O–H groups in total. The Balaban J connectivity index is 2.32. The molecule has 0 spiro atoms. The van der Waals surface area contributed by atoms with Crippen LogP contribution in [0.15, 0.2) is 47.8 Å². The third-order valence-electron chi connectivity index (χ3n) is 4.13. The Kier molecular flexibility index (Phi) is 5.51. The highest BCUT2D eigenvalue weighted by Crippen LogP contribution is 2.31. The molecule has 0 saturated heterocycles. The number of hydrogen-bond donors (Lipinski definition) is 1. The van der Waals surface area contributed by atoms with E-state index >= 15 is 0 Å². The molecule has 1 aliphatic rings. The van der Waals surface area contributed by atoms with E-state index in [1.807, 2.05) is 19.1 Å². The first-order chi connectivity index (χ1) is 11.8. The summed E-state index contributed by atoms with van der Waals surface area (Å²) >= 11 is 0. The van der Waals surface area contributed by atoms with Crippen molar-refractivity contribution in [2.24, 2.45) is 0 Å². The molecule has 132 valence electrons. The SMILES string of the molecule is COC(=O)CC1=CC=C(C(=O)c2ccc(C)cc2)[N+]1(C)NCC(=O)[O-]. The van der Waals surface area contributed by atoms with Crippen molar-refractivity contribution < 1.29 is 28.8 Å². The first-order valence-corrected chi connectivity index (χ1v) is 7.69. The number of allylic oxidation sites excluding steroid dienone is 3. The summed E-state index contributed by atoms with van der Waals surface area (Å²) in [6.45, 7) is 1.44. The Bertz CT molecular complexity index is 764. The molecular formula is C18H20N2O5. The molecule has 7 nitrogen and oxygen atoms in total. The Hall–Kier alpha value is -2.77. The smallest absolute Gasteiger partial charge is 0.315 e. The van der Waals surface area contributed by atoms with Gasteiger partial charge >= 0.3 is 5.97 Å². The first kappa shape index (κ1) is 18.6. The topological polar surface area (TPSA) is 95.5 Å². The number of ether oxygens (including phenoxy) is 1. The lowest BCUT2D eigenvalue weighted by atomic mass is 10.1. The summed E-state index contributed by atoms with van der Waals surface area (Å²) in [5.74, 6) is -2.06.